The van der Waals surface area contributed by atoms with Crippen LogP contribution in [0.5, 0.6) is 5.75 Å². The zero-order chi connectivity index (χ0) is 17.8. The van der Waals surface area contributed by atoms with E-state index in [0.717, 1.165) is 18.8 Å². The zero-order valence-corrected chi connectivity index (χ0v) is 15.3. The summed E-state index contributed by atoms with van der Waals surface area (Å²) in [4.78, 5) is 0. The second-order valence-corrected chi connectivity index (χ2v) is 6.77. The van der Waals surface area contributed by atoms with Crippen molar-refractivity contribution in [1.82, 2.24) is 4.57 Å². The largest absolute Gasteiger partial charge is 0.494 e. The molecule has 2 nitrogen and oxygen atoms in total. The van der Waals surface area contributed by atoms with E-state index in [1.807, 2.05) is 0 Å². The van der Waals surface area contributed by atoms with Crippen LogP contribution in [0, 0.1) is 0 Å². The lowest BCUT2D eigenvalue weighted by Crippen LogP contribution is -1.98. The fraction of sp³-hybridized carbons (Fsp3) is 0.250. The minimum atomic E-state index is 0.800. The van der Waals surface area contributed by atoms with Crippen LogP contribution >= 0.6 is 0 Å². The van der Waals surface area contributed by atoms with Gasteiger partial charge in [-0.1, -0.05) is 62.6 Å². The van der Waals surface area contributed by atoms with Gasteiger partial charge in [0.25, 0.3) is 0 Å². The molecule has 0 amide bonds. The van der Waals surface area contributed by atoms with Gasteiger partial charge in [0, 0.05) is 16.5 Å². The third-order valence-corrected chi connectivity index (χ3v) is 4.94. The maximum atomic E-state index is 5.89. The molecule has 1 aromatic heterocycles. The lowest BCUT2D eigenvalue weighted by Gasteiger charge is -2.10. The number of aromatic nitrogens is 1. The molecule has 4 aromatic rings. The molecule has 1 heterocycles. The van der Waals surface area contributed by atoms with Gasteiger partial charge in [0.05, 0.1) is 17.6 Å². The fourth-order valence-electron chi connectivity index (χ4n) is 3.61. The van der Waals surface area contributed by atoms with E-state index in [4.69, 9.17) is 4.74 Å². The van der Waals surface area contributed by atoms with Crippen molar-refractivity contribution in [2.75, 3.05) is 6.61 Å². The monoisotopic (exact) mass is 343 g/mol. The predicted molar refractivity (Wildman–Crippen MR) is 110 cm³/mol. The van der Waals surface area contributed by atoms with Gasteiger partial charge in [0.2, 0.25) is 0 Å². The molecule has 2 heteroatoms. The number of rotatable bonds is 7. The quantitative estimate of drug-likeness (QED) is 0.339. The number of nitrogens with zero attached hydrogens (tertiary/aromatic N) is 1. The van der Waals surface area contributed by atoms with Gasteiger partial charge in [-0.15, -0.1) is 0 Å². The Morgan fingerprint density at radius 3 is 1.92 bits per heavy atom. The predicted octanol–water partition coefficient (Wildman–Crippen LogP) is 6.74. The molecule has 0 fully saturated rings. The molecular formula is C24H25NO. The first-order valence-corrected chi connectivity index (χ1v) is 9.60. The Kier molecular flexibility index (Phi) is 4.92. The standard InChI is InChI=1S/C24H25NO/c1-2-3-4-9-18-26-20-16-14-19(15-17-20)25-23-12-7-5-10-21(23)22-11-6-8-13-24(22)25/h5-8,10-17H,2-4,9,18H2,1H3. The molecule has 0 radical (unpaired) electrons. The van der Waals surface area contributed by atoms with Crippen molar-refractivity contribution in [1.29, 1.82) is 0 Å². The van der Waals surface area contributed by atoms with Gasteiger partial charge in [-0.2, -0.15) is 0 Å². The van der Waals surface area contributed by atoms with E-state index in [0.29, 0.717) is 0 Å². The van der Waals surface area contributed by atoms with Gasteiger partial charge in [-0.25, -0.2) is 0 Å². The Balaban J connectivity index is 1.63. The fourth-order valence-corrected chi connectivity index (χ4v) is 3.61. The normalized spacial score (nSPS) is 11.3. The summed E-state index contributed by atoms with van der Waals surface area (Å²) in [6.45, 7) is 3.03. The smallest absolute Gasteiger partial charge is 0.119 e. The molecule has 0 atom stereocenters. The van der Waals surface area contributed by atoms with Crippen LogP contribution < -0.4 is 4.74 Å². The van der Waals surface area contributed by atoms with E-state index in [2.05, 4.69) is 84.3 Å². The first-order valence-electron chi connectivity index (χ1n) is 9.60. The molecule has 0 saturated heterocycles. The maximum absolute atomic E-state index is 5.89. The van der Waals surface area contributed by atoms with Crippen LogP contribution in [0.15, 0.2) is 72.8 Å². The van der Waals surface area contributed by atoms with Crippen molar-refractivity contribution in [3.63, 3.8) is 0 Å². The van der Waals surface area contributed by atoms with Gasteiger partial charge in [-0.3, -0.25) is 0 Å². The number of ether oxygens (including phenoxy) is 1. The highest BCUT2D eigenvalue weighted by atomic mass is 16.5. The number of fused-ring (bicyclic) bond motifs is 3. The minimum absolute atomic E-state index is 0.800. The summed E-state index contributed by atoms with van der Waals surface area (Å²) in [6.07, 6.45) is 4.92. The topological polar surface area (TPSA) is 14.2 Å². The lowest BCUT2D eigenvalue weighted by molar-refractivity contribution is 0.305. The van der Waals surface area contributed by atoms with E-state index in [-0.39, 0.29) is 0 Å². The molecule has 4 rings (SSSR count). The van der Waals surface area contributed by atoms with Gasteiger partial charge < -0.3 is 9.30 Å². The summed E-state index contributed by atoms with van der Waals surface area (Å²) in [5.74, 6) is 0.950. The van der Waals surface area contributed by atoms with E-state index >= 15 is 0 Å². The number of hydrogen-bond donors (Lipinski definition) is 0. The molecule has 0 spiro atoms. The summed E-state index contributed by atoms with van der Waals surface area (Å²) in [6, 6.07) is 25.7. The zero-order valence-electron chi connectivity index (χ0n) is 15.3. The van der Waals surface area contributed by atoms with Crippen molar-refractivity contribution in [3.05, 3.63) is 72.8 Å². The lowest BCUT2D eigenvalue weighted by atomic mass is 10.2. The second-order valence-electron chi connectivity index (χ2n) is 6.77. The van der Waals surface area contributed by atoms with E-state index in [9.17, 15) is 0 Å². The molecule has 0 N–H and O–H groups in total. The van der Waals surface area contributed by atoms with E-state index in [1.54, 1.807) is 0 Å². The van der Waals surface area contributed by atoms with Gasteiger partial charge in [-0.05, 0) is 42.8 Å². The highest BCUT2D eigenvalue weighted by Gasteiger charge is 2.11. The summed E-state index contributed by atoms with van der Waals surface area (Å²) >= 11 is 0. The van der Waals surface area contributed by atoms with Gasteiger partial charge >= 0.3 is 0 Å². The average molecular weight is 343 g/mol. The SMILES string of the molecule is CCCCCCOc1ccc(-n2c3ccccc3c3ccccc32)cc1. The van der Waals surface area contributed by atoms with E-state index in [1.165, 1.54) is 46.8 Å². The molecular weight excluding hydrogens is 318 g/mol. The van der Waals surface area contributed by atoms with Gasteiger partial charge in [0.1, 0.15) is 5.75 Å². The Hall–Kier alpha value is -2.74. The molecule has 132 valence electrons. The summed E-state index contributed by atoms with van der Waals surface area (Å²) in [7, 11) is 0. The highest BCUT2D eigenvalue weighted by Crippen LogP contribution is 2.32. The summed E-state index contributed by atoms with van der Waals surface area (Å²) in [5.41, 5.74) is 3.64. The number of hydrogen-bond acceptors (Lipinski definition) is 1. The number of unbranched alkanes of at least 4 members (excludes halogenated alkanes) is 3. The van der Waals surface area contributed by atoms with Crippen molar-refractivity contribution in [3.8, 4) is 11.4 Å². The van der Waals surface area contributed by atoms with Crippen molar-refractivity contribution < 1.29 is 4.74 Å². The first-order chi connectivity index (χ1) is 12.9. The van der Waals surface area contributed by atoms with Crippen molar-refractivity contribution in [2.24, 2.45) is 0 Å². The third kappa shape index (κ3) is 3.20. The number of benzene rings is 3. The van der Waals surface area contributed by atoms with Gasteiger partial charge in [0.15, 0.2) is 0 Å². The van der Waals surface area contributed by atoms with Crippen molar-refractivity contribution >= 4 is 21.8 Å². The summed E-state index contributed by atoms with van der Waals surface area (Å²) in [5, 5.41) is 2.58. The minimum Gasteiger partial charge on any atom is -0.494 e. The second kappa shape index (κ2) is 7.65. The molecule has 0 bridgehead atoms. The van der Waals surface area contributed by atoms with Crippen molar-refractivity contribution in [2.45, 2.75) is 32.6 Å². The molecule has 0 saturated carbocycles. The van der Waals surface area contributed by atoms with Crippen LogP contribution in [-0.4, -0.2) is 11.2 Å². The maximum Gasteiger partial charge on any atom is 0.119 e. The number of para-hydroxylation sites is 2. The molecule has 0 aliphatic carbocycles. The van der Waals surface area contributed by atoms with Crippen LogP contribution in [0.25, 0.3) is 27.5 Å². The van der Waals surface area contributed by atoms with Crippen LogP contribution in [0.2, 0.25) is 0 Å². The van der Waals surface area contributed by atoms with Crippen LogP contribution in [0.4, 0.5) is 0 Å². The van der Waals surface area contributed by atoms with Crippen LogP contribution in [0.3, 0.4) is 0 Å². The Morgan fingerprint density at radius 1 is 0.692 bits per heavy atom. The highest BCUT2D eigenvalue weighted by molar-refractivity contribution is 6.09. The molecule has 26 heavy (non-hydrogen) atoms. The summed E-state index contributed by atoms with van der Waals surface area (Å²) < 4.78 is 8.22. The molecule has 0 aliphatic rings. The Bertz CT molecular complexity index is 945. The van der Waals surface area contributed by atoms with E-state index < -0.39 is 0 Å². The molecule has 0 unspecified atom stereocenters. The van der Waals surface area contributed by atoms with Crippen LogP contribution in [0.1, 0.15) is 32.6 Å². The average Bonchev–Trinajstić information content (AvgIpc) is 3.03. The molecule has 3 aromatic carbocycles. The first kappa shape index (κ1) is 16.7. The Labute approximate surface area is 155 Å². The Morgan fingerprint density at radius 2 is 1.31 bits per heavy atom. The third-order valence-electron chi connectivity index (χ3n) is 4.94. The van der Waals surface area contributed by atoms with Crippen LogP contribution in [-0.2, 0) is 0 Å². The molecule has 0 aliphatic heterocycles.